The Hall–Kier alpha value is -2.32. The van der Waals surface area contributed by atoms with E-state index in [4.69, 9.17) is 5.11 Å². The smallest absolute Gasteiger partial charge is 0.345 e. The SMILES string of the molecule is O=C(O)c1ccc(CN2CCc3nc(C4=NCCCC4)[nH]c(=O)c3C2)s1. The fourth-order valence-electron chi connectivity index (χ4n) is 3.44. The number of aromatic amines is 1. The number of hydrogen-bond donors (Lipinski definition) is 2. The zero-order chi connectivity index (χ0) is 18.1. The molecule has 0 saturated heterocycles. The van der Waals surface area contributed by atoms with Crippen molar-refractivity contribution < 1.29 is 9.90 Å². The van der Waals surface area contributed by atoms with Crippen molar-refractivity contribution in [1.82, 2.24) is 14.9 Å². The monoisotopic (exact) mass is 372 g/mol. The van der Waals surface area contributed by atoms with Crippen LogP contribution in [0.25, 0.3) is 0 Å². The van der Waals surface area contributed by atoms with Gasteiger partial charge in [0.15, 0.2) is 5.82 Å². The molecule has 0 atom stereocenters. The maximum Gasteiger partial charge on any atom is 0.345 e. The molecule has 2 aromatic rings. The van der Waals surface area contributed by atoms with Crippen LogP contribution in [0.1, 0.15) is 50.9 Å². The van der Waals surface area contributed by atoms with Gasteiger partial charge in [-0.1, -0.05) is 0 Å². The average molecular weight is 372 g/mol. The van der Waals surface area contributed by atoms with Gasteiger partial charge in [0, 0.05) is 37.5 Å². The van der Waals surface area contributed by atoms with E-state index >= 15 is 0 Å². The second kappa shape index (κ2) is 7.13. The average Bonchev–Trinajstić information content (AvgIpc) is 3.12. The van der Waals surface area contributed by atoms with Crippen molar-refractivity contribution in [2.75, 3.05) is 13.1 Å². The zero-order valence-corrected chi connectivity index (χ0v) is 15.1. The van der Waals surface area contributed by atoms with Crippen molar-refractivity contribution in [3.8, 4) is 0 Å². The van der Waals surface area contributed by atoms with Gasteiger partial charge in [-0.05, 0) is 31.4 Å². The molecule has 4 rings (SSSR count). The Morgan fingerprint density at radius 3 is 2.92 bits per heavy atom. The Morgan fingerprint density at radius 2 is 2.19 bits per heavy atom. The van der Waals surface area contributed by atoms with Gasteiger partial charge in [-0.25, -0.2) is 9.78 Å². The van der Waals surface area contributed by atoms with Crippen molar-refractivity contribution >= 4 is 23.0 Å². The molecule has 2 aliphatic heterocycles. The zero-order valence-electron chi connectivity index (χ0n) is 14.3. The number of fused-ring (bicyclic) bond motifs is 1. The predicted octanol–water partition coefficient (Wildman–Crippen LogP) is 2.06. The Bertz CT molecular complexity index is 931. The molecular formula is C18H20N4O3S. The summed E-state index contributed by atoms with van der Waals surface area (Å²) in [7, 11) is 0. The Morgan fingerprint density at radius 1 is 1.31 bits per heavy atom. The first-order valence-electron chi connectivity index (χ1n) is 8.80. The van der Waals surface area contributed by atoms with Crippen molar-refractivity contribution in [3.05, 3.63) is 49.3 Å². The molecule has 0 spiro atoms. The van der Waals surface area contributed by atoms with Gasteiger partial charge in [-0.15, -0.1) is 11.3 Å². The molecule has 4 heterocycles. The molecule has 136 valence electrons. The molecule has 0 aromatic carbocycles. The lowest BCUT2D eigenvalue weighted by Gasteiger charge is -2.27. The number of aliphatic imine (C=N–C) groups is 1. The van der Waals surface area contributed by atoms with Crippen molar-refractivity contribution in [1.29, 1.82) is 0 Å². The van der Waals surface area contributed by atoms with E-state index in [1.165, 1.54) is 11.3 Å². The summed E-state index contributed by atoms with van der Waals surface area (Å²) in [5, 5.41) is 9.04. The van der Waals surface area contributed by atoms with Crippen LogP contribution in [-0.4, -0.2) is 44.7 Å². The van der Waals surface area contributed by atoms with E-state index in [-0.39, 0.29) is 5.56 Å². The van der Waals surface area contributed by atoms with Gasteiger partial charge < -0.3 is 10.1 Å². The van der Waals surface area contributed by atoms with Crippen molar-refractivity contribution in [2.45, 2.75) is 38.8 Å². The number of aromatic nitrogens is 2. The van der Waals surface area contributed by atoms with Crippen LogP contribution in [0.5, 0.6) is 0 Å². The van der Waals surface area contributed by atoms with Crippen LogP contribution in [0, 0.1) is 0 Å². The maximum atomic E-state index is 12.6. The molecule has 0 bridgehead atoms. The number of nitrogens with zero attached hydrogens (tertiary/aromatic N) is 3. The number of carboxylic acids is 1. The first kappa shape index (κ1) is 17.1. The largest absolute Gasteiger partial charge is 0.477 e. The Balaban J connectivity index is 1.52. The van der Waals surface area contributed by atoms with E-state index in [9.17, 15) is 9.59 Å². The number of thiophene rings is 1. The third-order valence-corrected chi connectivity index (χ3v) is 5.86. The highest BCUT2D eigenvalue weighted by atomic mass is 32.1. The van der Waals surface area contributed by atoms with Gasteiger partial charge in [0.25, 0.3) is 5.56 Å². The van der Waals surface area contributed by atoms with Crippen LogP contribution in [0.2, 0.25) is 0 Å². The third-order valence-electron chi connectivity index (χ3n) is 4.80. The number of nitrogens with one attached hydrogen (secondary N) is 1. The van der Waals surface area contributed by atoms with Gasteiger partial charge in [-0.2, -0.15) is 0 Å². The molecule has 0 aliphatic carbocycles. The summed E-state index contributed by atoms with van der Waals surface area (Å²) in [5.41, 5.74) is 2.41. The highest BCUT2D eigenvalue weighted by Crippen LogP contribution is 2.22. The van der Waals surface area contributed by atoms with E-state index in [0.29, 0.717) is 29.4 Å². The normalized spacial score (nSPS) is 17.6. The van der Waals surface area contributed by atoms with E-state index in [2.05, 4.69) is 19.9 Å². The molecule has 0 radical (unpaired) electrons. The Labute approximate surface area is 154 Å². The van der Waals surface area contributed by atoms with E-state index in [0.717, 1.165) is 55.1 Å². The van der Waals surface area contributed by atoms with E-state index in [1.54, 1.807) is 6.07 Å². The first-order chi connectivity index (χ1) is 12.6. The van der Waals surface area contributed by atoms with Crippen LogP contribution >= 0.6 is 11.3 Å². The molecule has 0 saturated carbocycles. The quantitative estimate of drug-likeness (QED) is 0.856. The summed E-state index contributed by atoms with van der Waals surface area (Å²) >= 11 is 1.28. The third kappa shape index (κ3) is 3.47. The lowest BCUT2D eigenvalue weighted by atomic mass is 10.1. The minimum atomic E-state index is -0.899. The molecule has 8 heteroatoms. The lowest BCUT2D eigenvalue weighted by molar-refractivity contribution is 0.0702. The summed E-state index contributed by atoms with van der Waals surface area (Å²) in [4.78, 5) is 39.2. The molecule has 2 N–H and O–H groups in total. The highest BCUT2D eigenvalue weighted by molar-refractivity contribution is 7.13. The van der Waals surface area contributed by atoms with Crippen LogP contribution < -0.4 is 5.56 Å². The van der Waals surface area contributed by atoms with Crippen molar-refractivity contribution in [2.24, 2.45) is 4.99 Å². The van der Waals surface area contributed by atoms with Crippen LogP contribution in [0.4, 0.5) is 0 Å². The molecule has 0 amide bonds. The highest BCUT2D eigenvalue weighted by Gasteiger charge is 2.23. The molecule has 0 fully saturated rings. The van der Waals surface area contributed by atoms with Gasteiger partial charge in [0.1, 0.15) is 4.88 Å². The van der Waals surface area contributed by atoms with Gasteiger partial charge in [0.05, 0.1) is 17.0 Å². The van der Waals surface area contributed by atoms with Crippen molar-refractivity contribution in [3.63, 3.8) is 0 Å². The van der Waals surface area contributed by atoms with Gasteiger partial charge >= 0.3 is 5.97 Å². The van der Waals surface area contributed by atoms with Gasteiger partial charge in [-0.3, -0.25) is 14.7 Å². The molecule has 0 unspecified atom stereocenters. The summed E-state index contributed by atoms with van der Waals surface area (Å²) in [6, 6.07) is 3.47. The predicted molar refractivity (Wildman–Crippen MR) is 99.2 cm³/mol. The summed E-state index contributed by atoms with van der Waals surface area (Å²) < 4.78 is 0. The number of aromatic carboxylic acids is 1. The summed E-state index contributed by atoms with van der Waals surface area (Å²) in [6.07, 6.45) is 3.78. The van der Waals surface area contributed by atoms with Gasteiger partial charge in [0.2, 0.25) is 0 Å². The fourth-order valence-corrected chi connectivity index (χ4v) is 4.33. The number of carboxylic acid groups (broad SMARTS) is 1. The topological polar surface area (TPSA) is 98.6 Å². The molecule has 2 aliphatic rings. The van der Waals surface area contributed by atoms with E-state index in [1.807, 2.05) is 6.07 Å². The fraction of sp³-hybridized carbons (Fsp3) is 0.444. The molecular weight excluding hydrogens is 352 g/mol. The number of hydrogen-bond acceptors (Lipinski definition) is 6. The minimum absolute atomic E-state index is 0.0830. The lowest BCUT2D eigenvalue weighted by Crippen LogP contribution is -2.36. The van der Waals surface area contributed by atoms with Crippen LogP contribution in [0.3, 0.4) is 0 Å². The number of carbonyl (C=O) groups is 1. The number of H-pyrrole nitrogens is 1. The minimum Gasteiger partial charge on any atom is -0.477 e. The van der Waals surface area contributed by atoms with E-state index < -0.39 is 5.97 Å². The van der Waals surface area contributed by atoms with Crippen LogP contribution in [0.15, 0.2) is 21.9 Å². The molecule has 2 aromatic heterocycles. The number of rotatable bonds is 4. The summed E-state index contributed by atoms with van der Waals surface area (Å²) in [6.45, 7) is 2.79. The molecule has 7 nitrogen and oxygen atoms in total. The molecule has 26 heavy (non-hydrogen) atoms. The second-order valence-corrected chi connectivity index (χ2v) is 7.83. The Kier molecular flexibility index (Phi) is 4.69. The van der Waals surface area contributed by atoms with Crippen LogP contribution in [-0.2, 0) is 19.5 Å². The second-order valence-electron chi connectivity index (χ2n) is 6.66. The maximum absolute atomic E-state index is 12.6. The standard InChI is InChI=1S/C18H20N4O3S/c23-17-12-10-22(9-11-4-5-15(26-11)18(24)25)8-6-13(12)20-16(21-17)14-3-1-2-7-19-14/h4-5H,1-3,6-10H2,(H,24,25)(H,20,21,23). The first-order valence-corrected chi connectivity index (χ1v) is 9.62. The summed E-state index contributed by atoms with van der Waals surface area (Å²) in [5.74, 6) is -0.268.